The molecule has 28 heteroatoms. The summed E-state index contributed by atoms with van der Waals surface area (Å²) >= 11 is 0. The van der Waals surface area contributed by atoms with E-state index in [0.29, 0.717) is 98.4 Å². The molecule has 2 aliphatic heterocycles. The van der Waals surface area contributed by atoms with Gasteiger partial charge in [-0.3, -0.25) is 56.4 Å². The molecule has 0 amide bonds. The minimum atomic E-state index is -4.22. The maximum atomic E-state index is 15.3. The van der Waals surface area contributed by atoms with Gasteiger partial charge in [-0.15, -0.1) is 0 Å². The number of H-pyrrole nitrogens is 2. The number of nitrogens with zero attached hydrogens (tertiary/aromatic N) is 8. The standard InChI is InChI=1S/C62H88N12O14P2/c1-35-31-73(57(79)67-55(35)77)53-29-47(69-71-63)49(85-53)33-83-89(81,87-39-17-21-59(3)37(27-39)9-11-41-43-13-15-51(75)61(43,5)23-19-45(41)59)65-25-7-8-26-66-90(82,84-34-50-48(70-72-64)30-54(86-50)74-32-36(2)56(78)68-58(74)80)88-40-18-22-60(4)38(28-40)10-12-42-44-14-16-52(76)62(44,6)24-20-46(42)60/h9-10,31-32,39-50,53-54H,7-8,11-30,33-34H2,1-6H3,(H,65,81)(H,66,82)(H,67,77,79)(H,68,78,80)/t39-,40-,41-,42-,43-,44-,45-,46-,47-,48-,49+,50+,53+,54+,59-,60-,61-,62-,89?,90?/m0/s1. The molecular formula is C62H88N12O14P2. The van der Waals surface area contributed by atoms with E-state index in [2.05, 4.69) is 80.0 Å². The van der Waals surface area contributed by atoms with E-state index in [1.165, 1.54) is 32.7 Å². The van der Waals surface area contributed by atoms with Crippen LogP contribution in [0.2, 0.25) is 0 Å². The first-order chi connectivity index (χ1) is 42.9. The molecule has 0 aromatic carbocycles. The zero-order valence-corrected chi connectivity index (χ0v) is 54.3. The minimum absolute atomic E-state index is 0.0708. The second-order valence-electron chi connectivity index (χ2n) is 28.6. The Morgan fingerprint density at radius 3 is 1.39 bits per heavy atom. The van der Waals surface area contributed by atoms with Crippen LogP contribution in [0.25, 0.3) is 20.9 Å². The monoisotopic (exact) mass is 1290 g/mol. The maximum Gasteiger partial charge on any atom is 0.405 e. The van der Waals surface area contributed by atoms with Gasteiger partial charge in [-0.05, 0) is 174 Å². The molecular weight excluding hydrogens is 1200 g/mol. The SMILES string of the molecule is Cc1cn([C@H]2C[C@H](N=[N+]=[N-])[C@@H](COP(=O)(NCCCCNP(=O)(OC[C@H]3O[C@@H](n4cc(C)c(=O)[nH]c4=O)C[C@@H]3N=[N+]=[N-])O[C@H]3CC[C@@]4(C)C(=CC[C@@H]5[C@@H]4CC[C@]4(C)C(=O)CC[C@@H]54)C3)O[C@H]3CC[C@@]4(C)C(=CC[C@@H]5[C@@H]4CC[C@]4(C)C(=O)CC[C@@H]54)C3)O2)c(=O)[nH]c1=O. The van der Waals surface area contributed by atoms with Gasteiger partial charge >= 0.3 is 26.9 Å². The number of aryl methyl sites for hydroxylation is 2. The number of aromatic nitrogens is 4. The van der Waals surface area contributed by atoms with Gasteiger partial charge in [-0.2, -0.15) is 0 Å². The van der Waals surface area contributed by atoms with Crippen molar-refractivity contribution in [3.63, 3.8) is 0 Å². The van der Waals surface area contributed by atoms with Crippen molar-refractivity contribution in [1.82, 2.24) is 29.3 Å². The first-order valence-electron chi connectivity index (χ1n) is 32.7. The van der Waals surface area contributed by atoms with Crippen LogP contribution in [-0.2, 0) is 46.3 Å². The Morgan fingerprint density at radius 1 is 0.600 bits per heavy atom. The number of carbonyl (C=O) groups excluding carboxylic acids is 2. The second-order valence-corrected chi connectivity index (χ2v) is 32.2. The summed E-state index contributed by atoms with van der Waals surface area (Å²) in [6, 6.07) is -1.67. The first kappa shape index (κ1) is 65.0. The number of carbonyl (C=O) groups is 2. The van der Waals surface area contributed by atoms with Gasteiger partial charge in [0.15, 0.2) is 0 Å². The third-order valence-corrected chi connectivity index (χ3v) is 27.2. The fourth-order valence-electron chi connectivity index (χ4n) is 18.7. The van der Waals surface area contributed by atoms with Crippen molar-refractivity contribution < 1.29 is 46.3 Å². The van der Waals surface area contributed by atoms with Gasteiger partial charge in [0, 0.05) is 82.9 Å². The fraction of sp³-hybridized carbons (Fsp3) is 0.774. The van der Waals surface area contributed by atoms with E-state index in [1.807, 2.05) is 0 Å². The molecule has 90 heavy (non-hydrogen) atoms. The van der Waals surface area contributed by atoms with E-state index in [9.17, 15) is 39.8 Å². The van der Waals surface area contributed by atoms with Gasteiger partial charge in [0.2, 0.25) is 0 Å². The van der Waals surface area contributed by atoms with E-state index in [1.54, 1.807) is 13.8 Å². The Kier molecular flexibility index (Phi) is 18.3. The molecule has 0 radical (unpaired) electrons. The Balaban J connectivity index is 0.738. The predicted octanol–water partition coefficient (Wildman–Crippen LogP) is 10.7. The van der Waals surface area contributed by atoms with Crippen LogP contribution in [0.15, 0.2) is 65.1 Å². The van der Waals surface area contributed by atoms with E-state index in [0.717, 1.165) is 64.2 Å². The van der Waals surface area contributed by atoms with Crippen LogP contribution in [0.4, 0.5) is 0 Å². The smallest absolute Gasteiger partial charge is 0.352 e. The van der Waals surface area contributed by atoms with Crippen molar-refractivity contribution in [3.05, 3.63) is 109 Å². The Hall–Kier alpha value is -5.06. The van der Waals surface area contributed by atoms with Crippen LogP contribution in [-0.4, -0.2) is 93.5 Å². The zero-order valence-electron chi connectivity index (χ0n) is 52.6. The lowest BCUT2D eigenvalue weighted by Crippen LogP contribution is -2.50. The molecule has 2 aromatic heterocycles. The van der Waals surface area contributed by atoms with E-state index < -0.39 is 86.9 Å². The van der Waals surface area contributed by atoms with Crippen molar-refractivity contribution in [2.24, 2.45) is 67.4 Å². The number of hydrogen-bond donors (Lipinski definition) is 4. The number of ketones is 2. The molecule has 490 valence electrons. The summed E-state index contributed by atoms with van der Waals surface area (Å²) in [5.74, 6) is 3.22. The highest BCUT2D eigenvalue weighted by atomic mass is 31.2. The Bertz CT molecular complexity index is 3440. The number of nitrogens with one attached hydrogen (secondary N) is 4. The van der Waals surface area contributed by atoms with Gasteiger partial charge in [0.05, 0.1) is 49.7 Å². The lowest BCUT2D eigenvalue weighted by molar-refractivity contribution is -0.132. The molecule has 8 fully saturated rings. The van der Waals surface area contributed by atoms with Crippen molar-refractivity contribution in [2.45, 2.75) is 219 Å². The third-order valence-electron chi connectivity index (χ3n) is 23.9. The van der Waals surface area contributed by atoms with Crippen LogP contribution >= 0.6 is 15.5 Å². The number of Topliss-reactive ketones (excluding diaryl/α,β-unsaturated/α-hetero) is 2. The highest BCUT2D eigenvalue weighted by molar-refractivity contribution is 7.52. The molecule has 10 aliphatic rings. The highest BCUT2D eigenvalue weighted by Crippen LogP contribution is 2.67. The molecule has 12 rings (SSSR count). The Labute approximate surface area is 522 Å². The molecule has 4 N–H and O–H groups in total. The van der Waals surface area contributed by atoms with Crippen LogP contribution < -0.4 is 32.7 Å². The van der Waals surface area contributed by atoms with Gasteiger partial charge < -0.3 is 9.47 Å². The quantitative estimate of drug-likeness (QED) is 0.0225. The van der Waals surface area contributed by atoms with E-state index >= 15 is 9.13 Å². The summed E-state index contributed by atoms with van der Waals surface area (Å²) in [4.78, 5) is 87.4. The summed E-state index contributed by atoms with van der Waals surface area (Å²) in [7, 11) is -8.44. The third kappa shape index (κ3) is 12.2. The van der Waals surface area contributed by atoms with Gasteiger partial charge in [-0.1, -0.05) is 61.2 Å². The predicted molar refractivity (Wildman–Crippen MR) is 331 cm³/mol. The van der Waals surface area contributed by atoms with Gasteiger partial charge in [0.1, 0.15) is 24.0 Å². The number of unbranched alkanes of at least 4 members (excludes halogenated alkanes) is 1. The lowest BCUT2D eigenvalue weighted by atomic mass is 9.48. The molecule has 2 aromatic rings. The van der Waals surface area contributed by atoms with Crippen LogP contribution in [0.5, 0.6) is 0 Å². The number of rotatable bonds is 21. The highest BCUT2D eigenvalue weighted by Gasteiger charge is 2.61. The number of aromatic amines is 2. The average Bonchev–Trinajstić information content (AvgIpc) is 1.29. The molecule has 0 spiro atoms. The summed E-state index contributed by atoms with van der Waals surface area (Å²) in [6.45, 7) is 11.7. The van der Waals surface area contributed by atoms with Crippen molar-refractivity contribution in [2.75, 3.05) is 26.3 Å². The number of azide groups is 2. The molecule has 20 atom stereocenters. The Morgan fingerprint density at radius 2 is 0.989 bits per heavy atom. The molecule has 8 aliphatic carbocycles. The van der Waals surface area contributed by atoms with E-state index in [-0.39, 0.29) is 71.9 Å². The normalized spacial score (nSPS) is 39.0. The lowest BCUT2D eigenvalue weighted by Gasteiger charge is -2.57. The van der Waals surface area contributed by atoms with Crippen LogP contribution in [0.3, 0.4) is 0 Å². The minimum Gasteiger partial charge on any atom is -0.352 e. The van der Waals surface area contributed by atoms with Crippen LogP contribution in [0, 0.1) is 71.0 Å². The summed E-state index contributed by atoms with van der Waals surface area (Å²) in [5.41, 5.74) is 19.1. The molecule has 4 heterocycles. The van der Waals surface area contributed by atoms with Gasteiger partial charge in [-0.25, -0.2) is 28.9 Å². The van der Waals surface area contributed by atoms with Crippen molar-refractivity contribution in [1.29, 1.82) is 0 Å². The van der Waals surface area contributed by atoms with Crippen molar-refractivity contribution in [3.8, 4) is 0 Å². The molecule has 26 nitrogen and oxygen atoms in total. The summed E-state index contributed by atoms with van der Waals surface area (Å²) in [5, 5.41) is 14.1. The fourth-order valence-corrected chi connectivity index (χ4v) is 21.8. The number of fused-ring (bicyclic) bond motifs is 10. The van der Waals surface area contributed by atoms with E-state index in [4.69, 9.17) is 27.6 Å². The second kappa shape index (κ2) is 25.3. The first-order valence-corrected chi connectivity index (χ1v) is 35.8. The molecule has 2 saturated heterocycles. The summed E-state index contributed by atoms with van der Waals surface area (Å²) < 4.78 is 71.5. The number of ether oxygens (including phenoxy) is 2. The van der Waals surface area contributed by atoms with Gasteiger partial charge in [0.25, 0.3) is 11.1 Å². The average molecular weight is 1290 g/mol. The number of allylic oxidation sites excluding steroid dienone is 2. The molecule has 0 bridgehead atoms. The summed E-state index contributed by atoms with van der Waals surface area (Å²) in [6.07, 6.45) is 16.1. The largest absolute Gasteiger partial charge is 0.405 e. The van der Waals surface area contributed by atoms with Crippen molar-refractivity contribution >= 4 is 27.1 Å². The topological polar surface area (TPSA) is 355 Å². The molecule has 6 saturated carbocycles. The number of hydrogen-bond acceptors (Lipinski definition) is 16. The zero-order chi connectivity index (χ0) is 63.7. The maximum absolute atomic E-state index is 15.3. The van der Waals surface area contributed by atoms with Crippen LogP contribution in [0.1, 0.15) is 180 Å². The molecule has 2 unspecified atom stereocenters.